The maximum absolute atomic E-state index is 12.5. The van der Waals surface area contributed by atoms with Gasteiger partial charge in [-0.1, -0.05) is 12.1 Å². The smallest absolute Gasteiger partial charge is 0.275 e. The van der Waals surface area contributed by atoms with Crippen molar-refractivity contribution < 1.29 is 19.0 Å². The number of hydrogen-bond acceptors (Lipinski definition) is 3. The maximum Gasteiger partial charge on any atom is 0.275 e. The second kappa shape index (κ2) is 4.32. The van der Waals surface area contributed by atoms with E-state index < -0.39 is 6.48 Å². The summed E-state index contributed by atoms with van der Waals surface area (Å²) in [5.74, 6) is -0.365. The minimum absolute atomic E-state index is 0.259. The van der Waals surface area contributed by atoms with E-state index in [9.17, 15) is 4.39 Å². The van der Waals surface area contributed by atoms with Gasteiger partial charge in [0.25, 0.3) is 16.2 Å². The van der Waals surface area contributed by atoms with Crippen LogP contribution in [0.15, 0.2) is 24.3 Å². The summed E-state index contributed by atoms with van der Waals surface area (Å²) in [6.07, 6.45) is 0. The molecule has 0 saturated heterocycles. The lowest BCUT2D eigenvalue weighted by Crippen LogP contribution is -2.23. The fraction of sp³-hybridized carbons (Fsp3) is 0.143. The normalized spacial score (nSPS) is 10.7. The van der Waals surface area contributed by atoms with Crippen LogP contribution in [0, 0.1) is 5.82 Å². The van der Waals surface area contributed by atoms with Crippen molar-refractivity contribution in [3.05, 3.63) is 30.1 Å². The number of halogens is 1. The predicted molar refractivity (Wildman–Crippen MR) is 41.1 cm³/mol. The highest BCUT2D eigenvalue weighted by atomic mass is 28.2. The first-order valence-electron chi connectivity index (χ1n) is 3.22. The molecule has 2 radical (unpaired) electrons. The molecule has 0 aromatic heterocycles. The third-order valence-electron chi connectivity index (χ3n) is 1.11. The van der Waals surface area contributed by atoms with Crippen LogP contribution in [0.1, 0.15) is 0 Å². The Morgan fingerprint density at radius 2 is 2.17 bits per heavy atom. The molecule has 0 saturated carbocycles. The second-order valence-corrected chi connectivity index (χ2v) is 3.07. The number of aliphatic hydroxyl groups excluding tert-OH is 1. The topological polar surface area (TPSA) is 49.7 Å². The SMILES string of the molecule is OC(O)O[Si]c1cccc(F)c1. The molecule has 1 aromatic rings. The van der Waals surface area contributed by atoms with Crippen molar-refractivity contribution in [2.24, 2.45) is 0 Å². The zero-order valence-electron chi connectivity index (χ0n) is 6.07. The summed E-state index contributed by atoms with van der Waals surface area (Å²) in [6, 6.07) is 5.76. The van der Waals surface area contributed by atoms with Crippen molar-refractivity contribution in [3.63, 3.8) is 0 Å². The van der Waals surface area contributed by atoms with Gasteiger partial charge in [0.05, 0.1) is 0 Å². The van der Waals surface area contributed by atoms with Crippen LogP contribution >= 0.6 is 0 Å². The first-order chi connectivity index (χ1) is 5.68. The van der Waals surface area contributed by atoms with Gasteiger partial charge >= 0.3 is 0 Å². The van der Waals surface area contributed by atoms with Crippen LogP contribution in [-0.2, 0) is 4.43 Å². The molecular formula is C7H7FO3Si. The Labute approximate surface area is 71.4 Å². The Morgan fingerprint density at radius 1 is 1.42 bits per heavy atom. The van der Waals surface area contributed by atoms with Gasteiger partial charge in [-0.05, 0) is 17.3 Å². The van der Waals surface area contributed by atoms with E-state index in [0.29, 0.717) is 5.19 Å². The standard InChI is InChI=1S/C7H7FO3Si/c8-5-2-1-3-6(4-5)12-11-7(9)10/h1-4,7,9-10H. The molecule has 3 nitrogen and oxygen atoms in total. The average molecular weight is 186 g/mol. The van der Waals surface area contributed by atoms with E-state index in [1.54, 1.807) is 6.07 Å². The van der Waals surface area contributed by atoms with Gasteiger partial charge < -0.3 is 14.6 Å². The molecule has 0 aliphatic rings. The van der Waals surface area contributed by atoms with Gasteiger partial charge in [-0.2, -0.15) is 0 Å². The van der Waals surface area contributed by atoms with Crippen molar-refractivity contribution >= 4 is 14.9 Å². The molecule has 0 atom stereocenters. The van der Waals surface area contributed by atoms with E-state index >= 15 is 0 Å². The second-order valence-electron chi connectivity index (χ2n) is 2.06. The summed E-state index contributed by atoms with van der Waals surface area (Å²) >= 11 is 0. The lowest BCUT2D eigenvalue weighted by atomic mass is 10.3. The van der Waals surface area contributed by atoms with Crippen LogP contribution < -0.4 is 5.19 Å². The zero-order valence-corrected chi connectivity index (χ0v) is 7.07. The summed E-state index contributed by atoms with van der Waals surface area (Å²) in [5.41, 5.74) is 0. The van der Waals surface area contributed by atoms with E-state index in [-0.39, 0.29) is 15.6 Å². The fourth-order valence-corrected chi connectivity index (χ4v) is 1.28. The lowest BCUT2D eigenvalue weighted by Gasteiger charge is -2.03. The van der Waals surface area contributed by atoms with Gasteiger partial charge in [0.1, 0.15) is 5.82 Å². The molecule has 1 aromatic carbocycles. The monoisotopic (exact) mass is 186 g/mol. The molecule has 0 fully saturated rings. The van der Waals surface area contributed by atoms with E-state index in [2.05, 4.69) is 4.43 Å². The molecule has 0 aliphatic carbocycles. The highest BCUT2D eigenvalue weighted by molar-refractivity contribution is 6.46. The zero-order chi connectivity index (χ0) is 8.97. The summed E-state index contributed by atoms with van der Waals surface area (Å²) in [6.45, 7) is -1.80. The fourth-order valence-electron chi connectivity index (χ4n) is 0.673. The van der Waals surface area contributed by atoms with Crippen LogP contribution in [0.2, 0.25) is 0 Å². The molecule has 0 bridgehead atoms. The minimum Gasteiger partial charge on any atom is -0.366 e. The van der Waals surface area contributed by atoms with Gasteiger partial charge in [0.15, 0.2) is 0 Å². The Hall–Kier alpha value is -0.753. The molecule has 0 spiro atoms. The molecular weight excluding hydrogens is 179 g/mol. The Balaban J connectivity index is 2.52. The van der Waals surface area contributed by atoms with E-state index in [0.717, 1.165) is 0 Å². The predicted octanol–water partition coefficient (Wildman–Crippen LogP) is -0.645. The highest BCUT2D eigenvalue weighted by Gasteiger charge is 2.01. The first kappa shape index (κ1) is 9.34. The van der Waals surface area contributed by atoms with Crippen molar-refractivity contribution in [2.45, 2.75) is 6.48 Å². The Bertz CT molecular complexity index is 254. The van der Waals surface area contributed by atoms with Crippen molar-refractivity contribution in [3.8, 4) is 0 Å². The van der Waals surface area contributed by atoms with Crippen molar-refractivity contribution in [1.82, 2.24) is 0 Å². The lowest BCUT2D eigenvalue weighted by molar-refractivity contribution is -0.179. The van der Waals surface area contributed by atoms with Gasteiger partial charge in [0.2, 0.25) is 0 Å². The molecule has 5 heteroatoms. The van der Waals surface area contributed by atoms with Gasteiger partial charge in [0, 0.05) is 0 Å². The molecule has 0 aliphatic heterocycles. The van der Waals surface area contributed by atoms with Crippen LogP contribution in [0.4, 0.5) is 4.39 Å². The van der Waals surface area contributed by atoms with E-state index in [4.69, 9.17) is 10.2 Å². The Morgan fingerprint density at radius 3 is 2.75 bits per heavy atom. The molecule has 64 valence electrons. The average Bonchev–Trinajstić information content (AvgIpc) is 2.01. The molecule has 0 amide bonds. The van der Waals surface area contributed by atoms with Gasteiger partial charge in [-0.3, -0.25) is 0 Å². The number of benzene rings is 1. The largest absolute Gasteiger partial charge is 0.366 e. The van der Waals surface area contributed by atoms with E-state index in [1.165, 1.54) is 18.2 Å². The van der Waals surface area contributed by atoms with Crippen LogP contribution in [0.25, 0.3) is 0 Å². The summed E-state index contributed by atoms with van der Waals surface area (Å²) in [5, 5.41) is 17.2. The van der Waals surface area contributed by atoms with Crippen LogP contribution in [-0.4, -0.2) is 26.5 Å². The quantitative estimate of drug-likeness (QED) is 0.487. The molecule has 0 unspecified atom stereocenters. The van der Waals surface area contributed by atoms with Crippen molar-refractivity contribution in [2.75, 3.05) is 0 Å². The maximum atomic E-state index is 12.5. The van der Waals surface area contributed by atoms with Crippen molar-refractivity contribution in [1.29, 1.82) is 0 Å². The number of hydrogen-bond donors (Lipinski definition) is 2. The minimum atomic E-state index is -1.80. The third-order valence-corrected chi connectivity index (χ3v) is 1.98. The van der Waals surface area contributed by atoms with Gasteiger partial charge in [-0.25, -0.2) is 4.39 Å². The van der Waals surface area contributed by atoms with Gasteiger partial charge in [-0.15, -0.1) is 0 Å². The summed E-state index contributed by atoms with van der Waals surface area (Å²) < 4.78 is 17.0. The van der Waals surface area contributed by atoms with E-state index in [1.807, 2.05) is 0 Å². The van der Waals surface area contributed by atoms with Crippen LogP contribution in [0.3, 0.4) is 0 Å². The number of aliphatic hydroxyl groups is 2. The third kappa shape index (κ3) is 3.10. The van der Waals surface area contributed by atoms with Crippen LogP contribution in [0.5, 0.6) is 0 Å². The molecule has 0 heterocycles. The highest BCUT2D eigenvalue weighted by Crippen LogP contribution is 1.92. The number of rotatable bonds is 3. The molecule has 12 heavy (non-hydrogen) atoms. The Kier molecular flexibility index (Phi) is 3.36. The first-order valence-corrected chi connectivity index (χ1v) is 4.12. The summed E-state index contributed by atoms with van der Waals surface area (Å²) in [4.78, 5) is 0. The molecule has 1 rings (SSSR count). The molecule has 2 N–H and O–H groups in total. The summed E-state index contributed by atoms with van der Waals surface area (Å²) in [7, 11) is -0.259.